The third kappa shape index (κ3) is 4.36. The Morgan fingerprint density at radius 2 is 2.26 bits per heavy atom. The molecule has 0 radical (unpaired) electrons. The molecular weight excluding hydrogens is 266 g/mol. The van der Waals surface area contributed by atoms with E-state index in [1.165, 1.54) is 17.4 Å². The number of anilines is 1. The molecule has 2 N–H and O–H groups in total. The van der Waals surface area contributed by atoms with Crippen LogP contribution in [0.4, 0.5) is 9.93 Å². The number of urea groups is 1. The summed E-state index contributed by atoms with van der Waals surface area (Å²) in [5.41, 5.74) is 0.939. The fourth-order valence-corrected chi connectivity index (χ4v) is 2.41. The number of aromatic nitrogens is 1. The molecule has 0 spiro atoms. The van der Waals surface area contributed by atoms with Crippen LogP contribution >= 0.6 is 11.3 Å². The molecule has 0 saturated heterocycles. The van der Waals surface area contributed by atoms with Crippen molar-refractivity contribution in [2.24, 2.45) is 0 Å². The Hall–Kier alpha value is -1.89. The van der Waals surface area contributed by atoms with Crippen LogP contribution in [0.3, 0.4) is 0 Å². The van der Waals surface area contributed by atoms with E-state index in [9.17, 15) is 9.59 Å². The summed E-state index contributed by atoms with van der Waals surface area (Å²) in [6.45, 7) is 7.22. The minimum absolute atomic E-state index is 0.170. The number of carboxylic acid groups (broad SMARTS) is 1. The van der Waals surface area contributed by atoms with Gasteiger partial charge >= 0.3 is 12.0 Å². The molecule has 0 atom stereocenters. The summed E-state index contributed by atoms with van der Waals surface area (Å²) in [5, 5.41) is 11.8. The third-order valence-corrected chi connectivity index (χ3v) is 3.33. The highest BCUT2D eigenvalue weighted by molar-refractivity contribution is 7.15. The van der Waals surface area contributed by atoms with Crippen LogP contribution in [0.5, 0.6) is 0 Å². The molecule has 2 amide bonds. The van der Waals surface area contributed by atoms with Gasteiger partial charge in [-0.2, -0.15) is 0 Å². The van der Waals surface area contributed by atoms with Crippen molar-refractivity contribution in [3.8, 4) is 0 Å². The molecule has 1 aromatic heterocycles. The van der Waals surface area contributed by atoms with Crippen LogP contribution in [0.25, 0.3) is 0 Å². The zero-order chi connectivity index (χ0) is 14.4. The molecule has 1 heterocycles. The summed E-state index contributed by atoms with van der Waals surface area (Å²) in [5.74, 6) is -1.07. The number of aliphatic carboxylic acids is 1. The second-order valence-corrected chi connectivity index (χ2v) is 5.07. The first-order valence-electron chi connectivity index (χ1n) is 5.82. The first-order chi connectivity index (χ1) is 8.97. The zero-order valence-corrected chi connectivity index (χ0v) is 11.8. The Morgan fingerprint density at radius 3 is 2.74 bits per heavy atom. The van der Waals surface area contributed by atoms with Gasteiger partial charge in [0, 0.05) is 11.4 Å². The van der Waals surface area contributed by atoms with Gasteiger partial charge in [-0.05, 0) is 13.3 Å². The second-order valence-electron chi connectivity index (χ2n) is 3.87. The number of rotatable bonds is 6. The molecule has 0 fully saturated rings. The number of nitrogens with one attached hydrogen (secondary N) is 1. The lowest BCUT2D eigenvalue weighted by atomic mass is 10.3. The van der Waals surface area contributed by atoms with Crippen molar-refractivity contribution < 1.29 is 14.7 Å². The second kappa shape index (κ2) is 6.89. The average molecular weight is 283 g/mol. The molecule has 7 heteroatoms. The van der Waals surface area contributed by atoms with Gasteiger partial charge in [0.25, 0.3) is 0 Å². The van der Waals surface area contributed by atoms with Crippen LogP contribution in [0, 0.1) is 6.92 Å². The highest BCUT2D eigenvalue weighted by atomic mass is 32.1. The average Bonchev–Trinajstić information content (AvgIpc) is 2.68. The number of carbonyl (C=O) groups excluding carboxylic acids is 1. The van der Waals surface area contributed by atoms with Crippen molar-refractivity contribution in [3.63, 3.8) is 0 Å². The fraction of sp³-hybridized carbons (Fsp3) is 0.417. The predicted octanol–water partition coefficient (Wildman–Crippen LogP) is 2.12. The molecule has 0 aliphatic carbocycles. The van der Waals surface area contributed by atoms with Gasteiger partial charge in [0.1, 0.15) is 6.54 Å². The van der Waals surface area contributed by atoms with Crippen LogP contribution in [0.15, 0.2) is 12.7 Å². The highest BCUT2D eigenvalue weighted by Crippen LogP contribution is 2.22. The van der Waals surface area contributed by atoms with E-state index in [0.29, 0.717) is 5.13 Å². The van der Waals surface area contributed by atoms with Gasteiger partial charge in [-0.15, -0.1) is 17.9 Å². The van der Waals surface area contributed by atoms with Crippen LogP contribution in [0.1, 0.15) is 17.5 Å². The molecule has 0 bridgehead atoms. The van der Waals surface area contributed by atoms with Crippen molar-refractivity contribution in [1.82, 2.24) is 9.88 Å². The standard InChI is InChI=1S/C12H17N3O3S/c1-4-6-15(7-10(16)17)12(18)14-11-13-9(5-2)8(3)19-11/h4H,1,5-7H2,2-3H3,(H,16,17)(H,13,14,18). The molecule has 0 aliphatic heterocycles. The van der Waals surface area contributed by atoms with Gasteiger partial charge in [0.2, 0.25) is 0 Å². The number of thiazole rings is 1. The number of amides is 2. The molecule has 19 heavy (non-hydrogen) atoms. The van der Waals surface area contributed by atoms with Crippen molar-refractivity contribution in [1.29, 1.82) is 0 Å². The number of nitrogens with zero attached hydrogens (tertiary/aromatic N) is 2. The smallest absolute Gasteiger partial charge is 0.324 e. The largest absolute Gasteiger partial charge is 0.480 e. The molecule has 104 valence electrons. The quantitative estimate of drug-likeness (QED) is 0.783. The summed E-state index contributed by atoms with van der Waals surface area (Å²) in [4.78, 5) is 29.1. The minimum atomic E-state index is -1.07. The van der Waals surface area contributed by atoms with E-state index in [4.69, 9.17) is 5.11 Å². The van der Waals surface area contributed by atoms with Crippen LogP contribution in [0.2, 0.25) is 0 Å². The number of carbonyl (C=O) groups is 2. The Bertz CT molecular complexity index is 485. The van der Waals surface area contributed by atoms with Crippen molar-refractivity contribution in [3.05, 3.63) is 23.2 Å². The van der Waals surface area contributed by atoms with Gasteiger partial charge < -0.3 is 10.0 Å². The maximum Gasteiger partial charge on any atom is 0.324 e. The first kappa shape index (κ1) is 15.2. The summed E-state index contributed by atoms with van der Waals surface area (Å²) < 4.78 is 0. The fourth-order valence-electron chi connectivity index (χ4n) is 1.52. The van der Waals surface area contributed by atoms with E-state index in [1.54, 1.807) is 0 Å². The lowest BCUT2D eigenvalue weighted by molar-refractivity contribution is -0.137. The Kier molecular flexibility index (Phi) is 5.50. The van der Waals surface area contributed by atoms with E-state index in [0.717, 1.165) is 21.9 Å². The Labute approximate surface area is 115 Å². The summed E-state index contributed by atoms with van der Waals surface area (Å²) in [7, 11) is 0. The molecule has 0 aliphatic rings. The first-order valence-corrected chi connectivity index (χ1v) is 6.64. The van der Waals surface area contributed by atoms with E-state index in [1.807, 2.05) is 13.8 Å². The topological polar surface area (TPSA) is 82.5 Å². The molecule has 1 rings (SSSR count). The molecule has 0 unspecified atom stereocenters. The molecule has 0 aromatic carbocycles. The summed E-state index contributed by atoms with van der Waals surface area (Å²) in [6, 6.07) is -0.487. The maximum atomic E-state index is 11.9. The van der Waals surface area contributed by atoms with E-state index in [-0.39, 0.29) is 13.1 Å². The number of carboxylic acids is 1. The Balaban J connectivity index is 2.74. The molecule has 6 nitrogen and oxygen atoms in total. The third-order valence-electron chi connectivity index (χ3n) is 2.40. The minimum Gasteiger partial charge on any atom is -0.480 e. The summed E-state index contributed by atoms with van der Waals surface area (Å²) >= 11 is 1.38. The monoisotopic (exact) mass is 283 g/mol. The lowest BCUT2D eigenvalue weighted by Crippen LogP contribution is -2.38. The van der Waals surface area contributed by atoms with Gasteiger partial charge in [-0.25, -0.2) is 9.78 Å². The molecular formula is C12H17N3O3S. The highest BCUT2D eigenvalue weighted by Gasteiger charge is 2.17. The van der Waals surface area contributed by atoms with E-state index >= 15 is 0 Å². The lowest BCUT2D eigenvalue weighted by Gasteiger charge is -2.18. The van der Waals surface area contributed by atoms with E-state index in [2.05, 4.69) is 16.9 Å². The Morgan fingerprint density at radius 1 is 1.58 bits per heavy atom. The number of hydrogen-bond acceptors (Lipinski definition) is 4. The van der Waals surface area contributed by atoms with Gasteiger partial charge in [0.15, 0.2) is 5.13 Å². The number of aryl methyl sites for hydroxylation is 2. The van der Waals surface area contributed by atoms with Crippen molar-refractivity contribution in [2.75, 3.05) is 18.4 Å². The zero-order valence-electron chi connectivity index (χ0n) is 11.0. The van der Waals surface area contributed by atoms with Gasteiger partial charge in [-0.3, -0.25) is 10.1 Å². The van der Waals surface area contributed by atoms with Gasteiger partial charge in [-0.1, -0.05) is 13.0 Å². The predicted molar refractivity (Wildman–Crippen MR) is 74.7 cm³/mol. The number of hydrogen-bond donors (Lipinski definition) is 2. The summed E-state index contributed by atoms with van der Waals surface area (Å²) in [6.07, 6.45) is 2.27. The van der Waals surface area contributed by atoms with E-state index < -0.39 is 12.0 Å². The SMILES string of the molecule is C=CCN(CC(=O)O)C(=O)Nc1nc(CC)c(C)s1. The van der Waals surface area contributed by atoms with Crippen LogP contribution in [-0.2, 0) is 11.2 Å². The molecule has 0 saturated carbocycles. The van der Waals surface area contributed by atoms with Crippen molar-refractivity contribution in [2.45, 2.75) is 20.3 Å². The maximum absolute atomic E-state index is 11.9. The van der Waals surface area contributed by atoms with Crippen LogP contribution in [-0.4, -0.2) is 40.1 Å². The van der Waals surface area contributed by atoms with Gasteiger partial charge in [0.05, 0.1) is 5.69 Å². The normalized spacial score (nSPS) is 10.0. The van der Waals surface area contributed by atoms with Crippen LogP contribution < -0.4 is 5.32 Å². The molecule has 1 aromatic rings. The van der Waals surface area contributed by atoms with Crippen molar-refractivity contribution >= 4 is 28.5 Å².